The average molecular weight is 264 g/mol. The maximum Gasteiger partial charge on any atom is 0.440 e. The fourth-order valence-electron chi connectivity index (χ4n) is 1.75. The van der Waals surface area contributed by atoms with Crippen LogP contribution in [0.25, 0.3) is 0 Å². The van der Waals surface area contributed by atoms with Gasteiger partial charge in [0.2, 0.25) is 6.79 Å². The predicted octanol–water partition coefficient (Wildman–Crippen LogP) is -0.227. The standard InChI is InChI=1S/C11H9N3O5/c1-14-9(11(16)19-13-14)10(15)12-6-2-3-7-8(4-6)18-5-17-7/h2-4H,5H2,1H3,(H-,12,13,15,16)/p+1. The van der Waals surface area contributed by atoms with E-state index in [0.717, 1.165) is 0 Å². The molecule has 2 aromatic rings. The molecule has 0 atom stereocenters. The van der Waals surface area contributed by atoms with Crippen molar-refractivity contribution in [3.8, 4) is 11.5 Å². The molecule has 1 amide bonds. The van der Waals surface area contributed by atoms with Gasteiger partial charge in [0.25, 0.3) is 0 Å². The van der Waals surface area contributed by atoms with Crippen molar-refractivity contribution in [2.45, 2.75) is 0 Å². The van der Waals surface area contributed by atoms with Gasteiger partial charge in [0, 0.05) is 11.8 Å². The lowest BCUT2D eigenvalue weighted by atomic mass is 10.2. The van der Waals surface area contributed by atoms with Gasteiger partial charge >= 0.3 is 17.2 Å². The van der Waals surface area contributed by atoms with Crippen LogP contribution in [0.5, 0.6) is 11.5 Å². The molecular formula is C11H10N3O5+. The van der Waals surface area contributed by atoms with E-state index in [2.05, 4.69) is 15.1 Å². The predicted molar refractivity (Wildman–Crippen MR) is 61.0 cm³/mol. The molecule has 0 bridgehead atoms. The van der Waals surface area contributed by atoms with E-state index in [1.165, 1.54) is 11.7 Å². The molecule has 3 rings (SSSR count). The number of aromatic amines is 1. The van der Waals surface area contributed by atoms with Gasteiger partial charge in [-0.25, -0.2) is 4.79 Å². The van der Waals surface area contributed by atoms with Gasteiger partial charge in [-0.15, -0.1) is 0 Å². The Morgan fingerprint density at radius 3 is 2.89 bits per heavy atom. The molecule has 98 valence electrons. The minimum Gasteiger partial charge on any atom is -0.454 e. The highest BCUT2D eigenvalue weighted by molar-refractivity contribution is 6.01. The maximum absolute atomic E-state index is 11.9. The highest BCUT2D eigenvalue weighted by atomic mass is 16.7. The number of nitrogens with one attached hydrogen (secondary N) is 2. The van der Waals surface area contributed by atoms with Gasteiger partial charge in [-0.05, 0) is 17.4 Å². The summed E-state index contributed by atoms with van der Waals surface area (Å²) >= 11 is 0. The molecule has 19 heavy (non-hydrogen) atoms. The van der Waals surface area contributed by atoms with Crippen molar-refractivity contribution in [2.75, 3.05) is 12.1 Å². The van der Waals surface area contributed by atoms with Crippen molar-refractivity contribution in [1.29, 1.82) is 0 Å². The van der Waals surface area contributed by atoms with Crippen LogP contribution < -0.4 is 25.1 Å². The van der Waals surface area contributed by atoms with Gasteiger partial charge in [-0.2, -0.15) is 0 Å². The third-order valence-electron chi connectivity index (χ3n) is 2.65. The number of aryl methyl sites for hydroxylation is 1. The molecule has 1 aromatic carbocycles. The molecule has 0 fully saturated rings. The summed E-state index contributed by atoms with van der Waals surface area (Å²) in [5, 5.41) is 4.85. The number of benzene rings is 1. The molecule has 2 N–H and O–H groups in total. The lowest BCUT2D eigenvalue weighted by molar-refractivity contribution is -0.741. The number of rotatable bonds is 2. The Bertz CT molecular complexity index is 703. The van der Waals surface area contributed by atoms with E-state index in [0.29, 0.717) is 17.2 Å². The number of nitrogens with zero attached hydrogens (tertiary/aromatic N) is 1. The van der Waals surface area contributed by atoms with Crippen molar-refractivity contribution in [3.05, 3.63) is 34.3 Å². The quantitative estimate of drug-likeness (QED) is 0.730. The second kappa shape index (κ2) is 4.16. The van der Waals surface area contributed by atoms with E-state index >= 15 is 0 Å². The normalized spacial score (nSPS) is 12.5. The Morgan fingerprint density at radius 1 is 1.37 bits per heavy atom. The largest absolute Gasteiger partial charge is 0.454 e. The second-order valence-corrected chi connectivity index (χ2v) is 3.91. The minimum atomic E-state index is -0.735. The van der Waals surface area contributed by atoms with Crippen LogP contribution in [0.1, 0.15) is 10.5 Å². The van der Waals surface area contributed by atoms with Crippen molar-refractivity contribution >= 4 is 11.6 Å². The van der Waals surface area contributed by atoms with Crippen LogP contribution >= 0.6 is 0 Å². The third kappa shape index (κ3) is 1.92. The lowest BCUT2D eigenvalue weighted by Crippen LogP contribution is -2.41. The number of ether oxygens (including phenoxy) is 2. The number of carbonyl (C=O) groups excluding carboxylic acids is 1. The summed E-state index contributed by atoms with van der Waals surface area (Å²) in [4.78, 5) is 23.3. The number of fused-ring (bicyclic) bond motifs is 1. The monoisotopic (exact) mass is 264 g/mol. The van der Waals surface area contributed by atoms with Gasteiger partial charge < -0.3 is 14.8 Å². The molecule has 0 saturated carbocycles. The molecule has 8 nitrogen and oxygen atoms in total. The first-order chi connectivity index (χ1) is 9.15. The van der Waals surface area contributed by atoms with E-state index in [4.69, 9.17) is 9.47 Å². The van der Waals surface area contributed by atoms with E-state index in [1.54, 1.807) is 18.2 Å². The van der Waals surface area contributed by atoms with Gasteiger partial charge in [-0.3, -0.25) is 9.32 Å². The van der Waals surface area contributed by atoms with Crippen LogP contribution in [0.2, 0.25) is 0 Å². The van der Waals surface area contributed by atoms with E-state index in [-0.39, 0.29) is 12.5 Å². The smallest absolute Gasteiger partial charge is 0.440 e. The highest BCUT2D eigenvalue weighted by Crippen LogP contribution is 2.34. The zero-order valence-electron chi connectivity index (χ0n) is 9.93. The number of hydrogen-bond acceptors (Lipinski definition) is 5. The molecule has 0 saturated heterocycles. The molecule has 0 radical (unpaired) electrons. The van der Waals surface area contributed by atoms with Crippen molar-refractivity contribution in [2.24, 2.45) is 7.05 Å². The molecule has 1 aliphatic heterocycles. The first kappa shape index (κ1) is 11.3. The molecule has 8 heteroatoms. The Balaban J connectivity index is 1.86. The van der Waals surface area contributed by atoms with Gasteiger partial charge in [0.05, 0.1) is 0 Å². The molecule has 0 unspecified atom stereocenters. The third-order valence-corrected chi connectivity index (χ3v) is 2.65. The SMILES string of the molecule is C[n+]1[nH]oc(=O)c1C(=O)Nc1ccc2c(c1)OCO2. The van der Waals surface area contributed by atoms with Crippen molar-refractivity contribution < 1.29 is 23.5 Å². The number of aromatic nitrogens is 2. The van der Waals surface area contributed by atoms with Crippen molar-refractivity contribution in [1.82, 2.24) is 5.27 Å². The zero-order chi connectivity index (χ0) is 13.4. The molecule has 0 spiro atoms. The first-order valence-electron chi connectivity index (χ1n) is 5.43. The Hall–Kier alpha value is -2.77. The number of amides is 1. The molecule has 1 aromatic heterocycles. The van der Waals surface area contributed by atoms with Crippen LogP contribution in [-0.2, 0) is 7.05 Å². The van der Waals surface area contributed by atoms with Gasteiger partial charge in [-0.1, -0.05) is 4.68 Å². The summed E-state index contributed by atoms with van der Waals surface area (Å²) in [6.45, 7) is 0.156. The maximum atomic E-state index is 11.9. The van der Waals surface area contributed by atoms with Crippen molar-refractivity contribution in [3.63, 3.8) is 0 Å². The van der Waals surface area contributed by atoms with E-state index in [1.807, 2.05) is 0 Å². The van der Waals surface area contributed by atoms with E-state index in [9.17, 15) is 9.59 Å². The second-order valence-electron chi connectivity index (χ2n) is 3.91. The van der Waals surface area contributed by atoms with Crippen LogP contribution in [0.4, 0.5) is 5.69 Å². The summed E-state index contributed by atoms with van der Waals surface area (Å²) in [5.74, 6) is 0.587. The zero-order valence-corrected chi connectivity index (χ0v) is 9.93. The Kier molecular flexibility index (Phi) is 2.48. The number of anilines is 1. The molecule has 2 heterocycles. The van der Waals surface area contributed by atoms with Gasteiger partial charge in [0.15, 0.2) is 18.5 Å². The fourth-order valence-corrected chi connectivity index (χ4v) is 1.75. The number of hydrogen-bond donors (Lipinski definition) is 2. The fraction of sp³-hybridized carbons (Fsp3) is 0.182. The molecule has 1 aliphatic rings. The highest BCUT2D eigenvalue weighted by Gasteiger charge is 2.26. The van der Waals surface area contributed by atoms with Gasteiger partial charge in [0.1, 0.15) is 0 Å². The number of H-pyrrole nitrogens is 1. The van der Waals surface area contributed by atoms with Crippen LogP contribution in [0, 0.1) is 0 Å². The van der Waals surface area contributed by atoms with Crippen LogP contribution in [-0.4, -0.2) is 18.0 Å². The average Bonchev–Trinajstić information content (AvgIpc) is 2.95. The Labute approximate surface area is 106 Å². The molecular weight excluding hydrogens is 254 g/mol. The number of carbonyl (C=O) groups is 1. The molecule has 0 aliphatic carbocycles. The Morgan fingerprint density at radius 2 is 2.16 bits per heavy atom. The van der Waals surface area contributed by atoms with Crippen LogP contribution in [0.3, 0.4) is 0 Å². The topological polar surface area (TPSA) is 97.4 Å². The summed E-state index contributed by atoms with van der Waals surface area (Å²) in [7, 11) is 1.50. The van der Waals surface area contributed by atoms with E-state index < -0.39 is 11.5 Å². The summed E-state index contributed by atoms with van der Waals surface area (Å²) in [5.41, 5.74) is -0.367. The summed E-state index contributed by atoms with van der Waals surface area (Å²) in [6, 6.07) is 4.95. The summed E-state index contributed by atoms with van der Waals surface area (Å²) < 4.78 is 16.1. The lowest BCUT2D eigenvalue weighted by Gasteiger charge is -2.02. The summed E-state index contributed by atoms with van der Waals surface area (Å²) in [6.07, 6.45) is 0. The first-order valence-corrected chi connectivity index (χ1v) is 5.43. The minimum absolute atomic E-state index is 0.127. The van der Waals surface area contributed by atoms with Crippen LogP contribution in [0.15, 0.2) is 27.5 Å².